The van der Waals surface area contributed by atoms with Gasteiger partial charge in [-0.05, 0) is 44.9 Å². The zero-order valence-electron chi connectivity index (χ0n) is 32.5. The molecule has 2 aromatic rings. The van der Waals surface area contributed by atoms with Crippen LogP contribution in [0.25, 0.3) is 10.3 Å². The quantitative estimate of drug-likeness (QED) is 0.734. The highest BCUT2D eigenvalue weighted by Gasteiger charge is 2.24. The van der Waals surface area contributed by atoms with Crippen molar-refractivity contribution < 1.29 is 36.0 Å². The van der Waals surface area contributed by atoms with Crippen molar-refractivity contribution in [1.82, 2.24) is 19.8 Å². The number of aryl methyl sites for hydroxylation is 1. The van der Waals surface area contributed by atoms with Crippen LogP contribution in [0.15, 0.2) is 4.79 Å². The van der Waals surface area contributed by atoms with Gasteiger partial charge < -0.3 is 15.3 Å². The normalized spacial score (nSPS) is 40.7. The van der Waals surface area contributed by atoms with E-state index in [1.165, 1.54) is 0 Å². The summed E-state index contributed by atoms with van der Waals surface area (Å²) in [6.07, 6.45) is -9.34. The first kappa shape index (κ1) is 7.00. The van der Waals surface area contributed by atoms with Gasteiger partial charge in [-0.2, -0.15) is 0 Å². The molecule has 0 aliphatic carbocycles. The SMILES string of the molecule is [2H]N(C(=O)c1c(O)c2sc(Cl)nc2n(C([2H])([2H])C([2H])([2H])[2H])c1=O)C([2H])([2H])CC([2H])([2H])N1C([2H])([2H])C([2H])([2H])C([2H])([2H])C([2H])(C)C1([2H])[2H]. The van der Waals surface area contributed by atoms with Crippen LogP contribution >= 0.6 is 22.9 Å². The number of nitrogens with one attached hydrogen (secondary N) is 1. The van der Waals surface area contributed by atoms with E-state index in [1.807, 2.05) is 0 Å². The molecule has 3 heterocycles. The largest absolute Gasteiger partial charge is 0.505 e. The number of thiazole rings is 1. The Labute approximate surface area is 193 Å². The van der Waals surface area contributed by atoms with Crippen molar-refractivity contribution in [3.63, 3.8) is 0 Å². The zero-order valence-corrected chi connectivity index (χ0v) is 15.1. The van der Waals surface area contributed by atoms with E-state index in [-0.39, 0.29) is 4.57 Å². The molecule has 9 heteroatoms. The molecule has 0 bridgehead atoms. The van der Waals surface area contributed by atoms with Crippen LogP contribution in [0.2, 0.25) is 5.88 Å². The highest BCUT2D eigenvalue weighted by atomic mass is 35.5. The molecule has 1 unspecified atom stereocenters. The van der Waals surface area contributed by atoms with Crippen LogP contribution in [0.3, 0.4) is 0 Å². The van der Waals surface area contributed by atoms with Crippen molar-refractivity contribution in [2.75, 3.05) is 26.0 Å². The average molecular weight is 432 g/mol. The lowest BCUT2D eigenvalue weighted by molar-refractivity contribution is 0.0945. The van der Waals surface area contributed by atoms with Crippen LogP contribution < -0.4 is 10.9 Å². The van der Waals surface area contributed by atoms with Crippen molar-refractivity contribution in [3.8, 4) is 5.75 Å². The minimum atomic E-state index is -3.94. The number of halogens is 1. The molecule has 148 valence electrons. The van der Waals surface area contributed by atoms with Gasteiger partial charge in [0.1, 0.15) is 10.3 Å². The molecular weight excluding hydrogens is 388 g/mol. The third-order valence-electron chi connectivity index (χ3n) is 3.18. The van der Waals surface area contributed by atoms with Crippen LogP contribution in [0.5, 0.6) is 5.75 Å². The molecular formula is C18H25ClN4O3S. The highest BCUT2D eigenvalue weighted by Crippen LogP contribution is 2.33. The second-order valence-corrected chi connectivity index (χ2v) is 6.52. The number of pyridine rings is 1. The lowest BCUT2D eigenvalue weighted by Crippen LogP contribution is -2.37. The number of rotatable bonds is 6. The van der Waals surface area contributed by atoms with Gasteiger partial charge >= 0.3 is 0 Å². The summed E-state index contributed by atoms with van der Waals surface area (Å²) in [4.78, 5) is 29.9. The number of likely N-dealkylation sites (tertiary alicyclic amines) is 1. The number of hydrogen-bond donors (Lipinski definition) is 2. The molecule has 1 saturated heterocycles. The standard InChI is InChI=1S/C18H25ClN4O3S/c1-3-23-15-14(27-18(19)21-15)13(24)12(17(23)26)16(25)20-7-5-9-22-8-4-6-11(2)10-22/h11,24H,3-10H2,1-2H3,(H,20,25)/i1D3,3D2,4D2,6D2,7D2,8D2,9D2,10D2,11D/hD. The van der Waals surface area contributed by atoms with Gasteiger partial charge in [0.25, 0.3) is 11.5 Å². The number of carbonyl (C=O) groups is 1. The summed E-state index contributed by atoms with van der Waals surface area (Å²) in [5.41, 5.74) is -4.32. The topological polar surface area (TPSA) is 87.5 Å². The predicted molar refractivity (Wildman–Crippen MR) is 108 cm³/mol. The Bertz CT molecular complexity index is 1610. The van der Waals surface area contributed by atoms with Gasteiger partial charge in [0.15, 0.2) is 17.3 Å². The second-order valence-electron chi connectivity index (χ2n) is 4.94. The van der Waals surface area contributed by atoms with Crippen LogP contribution in [-0.2, 0) is 6.50 Å². The molecule has 2 aromatic heterocycles. The number of aromatic nitrogens is 2. The van der Waals surface area contributed by atoms with Crippen molar-refractivity contribution in [2.45, 2.75) is 39.4 Å². The maximum Gasteiger partial charge on any atom is 0.268 e. The zero-order chi connectivity index (χ0) is 36.4. The minimum absolute atomic E-state index is 0.157. The Morgan fingerprint density at radius 3 is 3.30 bits per heavy atom. The minimum Gasteiger partial charge on any atom is -0.505 e. The maximum atomic E-state index is 13.4. The number of carbonyl (C=O) groups excluding carboxylic acids is 1. The molecule has 1 aliphatic rings. The van der Waals surface area contributed by atoms with E-state index in [0.29, 0.717) is 18.3 Å². The molecule has 7 nitrogen and oxygen atoms in total. The Morgan fingerprint density at radius 2 is 2.52 bits per heavy atom. The van der Waals surface area contributed by atoms with Crippen LogP contribution in [-0.4, -0.2) is 51.5 Å². The van der Waals surface area contributed by atoms with Crippen LogP contribution in [0.4, 0.5) is 0 Å². The van der Waals surface area contributed by atoms with Crippen LogP contribution in [0, 0.1) is 5.89 Å². The summed E-state index contributed by atoms with van der Waals surface area (Å²) >= 11 is 6.16. The van der Waals surface area contributed by atoms with E-state index in [2.05, 4.69) is 4.98 Å². The number of piperidine rings is 1. The number of amides is 1. The molecule has 3 rings (SSSR count). The van der Waals surface area contributed by atoms with E-state index in [0.717, 1.165) is 0 Å². The molecule has 1 atom stereocenters. The fourth-order valence-electron chi connectivity index (χ4n) is 2.07. The summed E-state index contributed by atoms with van der Waals surface area (Å²) in [6.45, 7) is -21.9. The number of fused-ring (bicyclic) bond motifs is 1. The molecule has 1 fully saturated rings. The van der Waals surface area contributed by atoms with Crippen molar-refractivity contribution >= 4 is 39.2 Å². The van der Waals surface area contributed by atoms with E-state index in [1.54, 1.807) is 0 Å². The van der Waals surface area contributed by atoms with Gasteiger partial charge in [0.2, 0.25) is 0 Å². The monoisotopic (exact) mass is 431 g/mol. The second kappa shape index (κ2) is 8.58. The Morgan fingerprint density at radius 1 is 1.70 bits per heavy atom. The fourth-order valence-corrected chi connectivity index (χ4v) is 3.11. The first-order chi connectivity index (χ1) is 20.1. The Kier molecular flexibility index (Phi) is 2.23. The predicted octanol–water partition coefficient (Wildman–Crippen LogP) is 2.69. The van der Waals surface area contributed by atoms with Crippen molar-refractivity contribution in [2.24, 2.45) is 5.89 Å². The molecule has 0 saturated carbocycles. The van der Waals surface area contributed by atoms with Gasteiger partial charge in [-0.15, -0.1) is 0 Å². The number of nitrogens with zero attached hydrogens (tertiary/aromatic N) is 3. The number of aromatic hydroxyl groups is 1. The summed E-state index contributed by atoms with van der Waals surface area (Å²) in [7, 11) is 0. The fraction of sp³-hybridized carbons (Fsp3) is 0.611. The van der Waals surface area contributed by atoms with Crippen molar-refractivity contribution in [3.05, 3.63) is 20.4 Å². The van der Waals surface area contributed by atoms with Gasteiger partial charge in [-0.25, -0.2) is 4.98 Å². The molecule has 2 N–H and O–H groups in total. The number of hydrogen-bond acceptors (Lipinski definition) is 6. The Hall–Kier alpha value is -1.64. The molecule has 0 radical (unpaired) electrons. The first-order valence-corrected chi connectivity index (χ1v) is 8.37. The third-order valence-corrected chi connectivity index (χ3v) is 4.34. The summed E-state index contributed by atoms with van der Waals surface area (Å²) in [5.74, 6) is -6.69. The van der Waals surface area contributed by atoms with Gasteiger partial charge in [-0.3, -0.25) is 14.2 Å². The van der Waals surface area contributed by atoms with Gasteiger partial charge in [0.05, 0.1) is 0 Å². The summed E-state index contributed by atoms with van der Waals surface area (Å²) < 4.78 is 153. The van der Waals surface area contributed by atoms with E-state index >= 15 is 0 Å². The average Bonchev–Trinajstić information content (AvgIpc) is 3.21. The third kappa shape index (κ3) is 4.28. The molecule has 27 heavy (non-hydrogen) atoms. The molecule has 0 aromatic carbocycles. The van der Waals surface area contributed by atoms with Crippen LogP contribution in [0.1, 0.15) is 68.0 Å². The highest BCUT2D eigenvalue weighted by molar-refractivity contribution is 7.22. The lowest BCUT2D eigenvalue weighted by Gasteiger charge is -2.30. The van der Waals surface area contributed by atoms with E-state index in [4.69, 9.17) is 37.7 Å². The summed E-state index contributed by atoms with van der Waals surface area (Å²) in [6, 6.07) is 0. The lowest BCUT2D eigenvalue weighted by atomic mass is 10.0. The van der Waals surface area contributed by atoms with Gasteiger partial charge in [-0.1, -0.05) is 29.9 Å². The molecule has 1 amide bonds. The van der Waals surface area contributed by atoms with E-state index < -0.39 is 112 Å². The summed E-state index contributed by atoms with van der Waals surface area (Å²) in [5, 5.41) is 10.0. The molecule has 0 spiro atoms. The maximum absolute atomic E-state index is 13.4. The first-order valence-electron chi connectivity index (χ1n) is 16.6. The Balaban J connectivity index is 2.19. The van der Waals surface area contributed by atoms with Gasteiger partial charge in [0, 0.05) is 44.2 Å². The smallest absolute Gasteiger partial charge is 0.268 e. The van der Waals surface area contributed by atoms with Crippen molar-refractivity contribution in [1.29, 1.82) is 0 Å². The molecule has 1 aliphatic heterocycles. The van der Waals surface area contributed by atoms with E-state index in [9.17, 15) is 14.7 Å².